The molecule has 3 aromatic rings. The number of amides is 1. The fraction of sp³-hybridized carbons (Fsp3) is 0.136. The lowest BCUT2D eigenvalue weighted by Crippen LogP contribution is -2.26. The minimum Gasteiger partial charge on any atom is -0.337 e. The fourth-order valence-electron chi connectivity index (χ4n) is 2.73. The largest absolute Gasteiger partial charge is 0.337 e. The molecule has 3 rings (SSSR count). The highest BCUT2D eigenvalue weighted by molar-refractivity contribution is 7.11. The summed E-state index contributed by atoms with van der Waals surface area (Å²) in [6.07, 6.45) is 1.99. The number of likely N-dealkylation sites (N-methyl/N-ethyl adjacent to an activating group) is 1. The maximum Gasteiger partial charge on any atom is 0.255 e. The van der Waals surface area contributed by atoms with E-state index >= 15 is 0 Å². The molecule has 0 spiro atoms. The van der Waals surface area contributed by atoms with Crippen LogP contribution in [0, 0.1) is 6.92 Å². The van der Waals surface area contributed by atoms with Crippen molar-refractivity contribution in [2.45, 2.75) is 13.5 Å². The van der Waals surface area contributed by atoms with Gasteiger partial charge in [0.25, 0.3) is 5.91 Å². The lowest BCUT2D eigenvalue weighted by atomic mass is 10.1. The standard InChI is InChI=1S/C22H21NOS/c1-17-8-6-11-19(14-17)15-20(21-12-7-13-25-21)22(24)23(2)16-18-9-4-3-5-10-18/h3-15H,16H2,1-2H3/b20-15+. The van der Waals surface area contributed by atoms with Crippen molar-refractivity contribution in [3.63, 3.8) is 0 Å². The zero-order valence-corrected chi connectivity index (χ0v) is 15.3. The molecule has 1 aromatic heterocycles. The first-order valence-corrected chi connectivity index (χ1v) is 9.13. The van der Waals surface area contributed by atoms with Gasteiger partial charge in [-0.15, -0.1) is 11.3 Å². The first-order valence-electron chi connectivity index (χ1n) is 8.25. The number of thiophene rings is 1. The topological polar surface area (TPSA) is 20.3 Å². The van der Waals surface area contributed by atoms with Crippen LogP contribution in [0.25, 0.3) is 11.6 Å². The Morgan fingerprint density at radius 1 is 1.04 bits per heavy atom. The van der Waals surface area contributed by atoms with Crippen LogP contribution in [0.1, 0.15) is 21.6 Å². The maximum atomic E-state index is 13.1. The molecular weight excluding hydrogens is 326 g/mol. The summed E-state index contributed by atoms with van der Waals surface area (Å²) in [6.45, 7) is 2.65. The summed E-state index contributed by atoms with van der Waals surface area (Å²) in [5.41, 5.74) is 4.09. The van der Waals surface area contributed by atoms with E-state index in [1.807, 2.05) is 73.1 Å². The second kappa shape index (κ2) is 7.95. The Balaban J connectivity index is 1.90. The van der Waals surface area contributed by atoms with Gasteiger partial charge in [-0.05, 0) is 35.6 Å². The van der Waals surface area contributed by atoms with E-state index in [4.69, 9.17) is 0 Å². The van der Waals surface area contributed by atoms with Crippen LogP contribution >= 0.6 is 11.3 Å². The average molecular weight is 347 g/mol. The Kier molecular flexibility index (Phi) is 5.46. The Morgan fingerprint density at radius 3 is 2.52 bits per heavy atom. The molecule has 0 atom stereocenters. The molecule has 0 radical (unpaired) electrons. The molecule has 2 aromatic carbocycles. The number of aryl methyl sites for hydroxylation is 1. The minimum absolute atomic E-state index is 0.0350. The van der Waals surface area contributed by atoms with Crippen LogP contribution in [0.3, 0.4) is 0 Å². The van der Waals surface area contributed by atoms with E-state index in [0.29, 0.717) is 6.54 Å². The highest BCUT2D eigenvalue weighted by atomic mass is 32.1. The van der Waals surface area contributed by atoms with Crippen molar-refractivity contribution in [3.8, 4) is 0 Å². The molecule has 0 unspecified atom stereocenters. The lowest BCUT2D eigenvalue weighted by molar-refractivity contribution is -0.124. The maximum absolute atomic E-state index is 13.1. The molecular formula is C22H21NOS. The lowest BCUT2D eigenvalue weighted by Gasteiger charge is -2.19. The Labute approximate surface area is 153 Å². The molecule has 0 saturated carbocycles. The van der Waals surface area contributed by atoms with Gasteiger partial charge < -0.3 is 4.90 Å². The second-order valence-electron chi connectivity index (χ2n) is 6.10. The van der Waals surface area contributed by atoms with Crippen LogP contribution in [0.15, 0.2) is 72.1 Å². The molecule has 1 heterocycles. The van der Waals surface area contributed by atoms with E-state index in [2.05, 4.69) is 19.1 Å². The Bertz CT molecular complexity index is 866. The van der Waals surface area contributed by atoms with Gasteiger partial charge in [0.2, 0.25) is 0 Å². The molecule has 0 aliphatic carbocycles. The summed E-state index contributed by atoms with van der Waals surface area (Å²) < 4.78 is 0. The average Bonchev–Trinajstić information content (AvgIpc) is 3.14. The van der Waals surface area contributed by atoms with Gasteiger partial charge in [0, 0.05) is 18.5 Å². The molecule has 126 valence electrons. The van der Waals surface area contributed by atoms with Crippen molar-refractivity contribution in [3.05, 3.63) is 93.7 Å². The Morgan fingerprint density at radius 2 is 1.84 bits per heavy atom. The van der Waals surface area contributed by atoms with Crippen LogP contribution in [-0.4, -0.2) is 17.9 Å². The predicted molar refractivity (Wildman–Crippen MR) is 106 cm³/mol. The van der Waals surface area contributed by atoms with Crippen LogP contribution < -0.4 is 0 Å². The Hall–Kier alpha value is -2.65. The number of carbonyl (C=O) groups is 1. The van der Waals surface area contributed by atoms with Crippen molar-refractivity contribution < 1.29 is 4.79 Å². The van der Waals surface area contributed by atoms with Gasteiger partial charge >= 0.3 is 0 Å². The zero-order valence-electron chi connectivity index (χ0n) is 14.5. The van der Waals surface area contributed by atoms with E-state index in [0.717, 1.165) is 21.6 Å². The molecule has 0 aliphatic rings. The summed E-state index contributed by atoms with van der Waals surface area (Å²) in [7, 11) is 1.85. The normalized spacial score (nSPS) is 11.4. The van der Waals surface area contributed by atoms with E-state index in [1.54, 1.807) is 16.2 Å². The second-order valence-corrected chi connectivity index (χ2v) is 7.04. The monoisotopic (exact) mass is 347 g/mol. The number of benzene rings is 2. The van der Waals surface area contributed by atoms with E-state index < -0.39 is 0 Å². The van der Waals surface area contributed by atoms with Gasteiger partial charge in [-0.2, -0.15) is 0 Å². The molecule has 1 amide bonds. The van der Waals surface area contributed by atoms with Crippen LogP contribution in [-0.2, 0) is 11.3 Å². The van der Waals surface area contributed by atoms with Gasteiger partial charge in [-0.1, -0.05) is 66.2 Å². The van der Waals surface area contributed by atoms with Crippen molar-refractivity contribution in [1.29, 1.82) is 0 Å². The van der Waals surface area contributed by atoms with E-state index in [9.17, 15) is 4.79 Å². The van der Waals surface area contributed by atoms with Gasteiger partial charge in [-0.25, -0.2) is 0 Å². The summed E-state index contributed by atoms with van der Waals surface area (Å²) in [5.74, 6) is 0.0350. The highest BCUT2D eigenvalue weighted by Crippen LogP contribution is 2.25. The van der Waals surface area contributed by atoms with Gasteiger partial charge in [0.15, 0.2) is 0 Å². The number of carbonyl (C=O) groups excluding carboxylic acids is 1. The third-order valence-corrected chi connectivity index (χ3v) is 4.88. The summed E-state index contributed by atoms with van der Waals surface area (Å²) in [5, 5.41) is 2.00. The number of hydrogen-bond donors (Lipinski definition) is 0. The van der Waals surface area contributed by atoms with E-state index in [1.165, 1.54) is 5.56 Å². The summed E-state index contributed by atoms with van der Waals surface area (Å²) >= 11 is 1.59. The van der Waals surface area contributed by atoms with Crippen molar-refractivity contribution in [2.24, 2.45) is 0 Å². The molecule has 0 N–H and O–H groups in total. The minimum atomic E-state index is 0.0350. The SMILES string of the molecule is Cc1cccc(/C=C(/C(=O)N(C)Cc2ccccc2)c2cccs2)c1. The molecule has 2 nitrogen and oxygen atoms in total. The molecule has 25 heavy (non-hydrogen) atoms. The molecule has 0 fully saturated rings. The van der Waals surface area contributed by atoms with Crippen LogP contribution in [0.4, 0.5) is 0 Å². The predicted octanol–water partition coefficient (Wildman–Crippen LogP) is 5.26. The van der Waals surface area contributed by atoms with Gasteiger partial charge in [-0.3, -0.25) is 4.79 Å². The first kappa shape index (κ1) is 17.2. The van der Waals surface area contributed by atoms with Gasteiger partial charge in [0.1, 0.15) is 0 Å². The van der Waals surface area contributed by atoms with Crippen molar-refractivity contribution in [1.82, 2.24) is 4.90 Å². The number of nitrogens with zero attached hydrogens (tertiary/aromatic N) is 1. The highest BCUT2D eigenvalue weighted by Gasteiger charge is 2.18. The van der Waals surface area contributed by atoms with Crippen molar-refractivity contribution >= 4 is 28.9 Å². The third-order valence-electron chi connectivity index (χ3n) is 3.98. The molecule has 3 heteroatoms. The summed E-state index contributed by atoms with van der Waals surface area (Å²) in [4.78, 5) is 15.9. The first-order chi connectivity index (χ1) is 12.1. The van der Waals surface area contributed by atoms with Crippen LogP contribution in [0.2, 0.25) is 0 Å². The van der Waals surface area contributed by atoms with Crippen molar-refractivity contribution in [2.75, 3.05) is 7.05 Å². The fourth-order valence-corrected chi connectivity index (χ4v) is 3.47. The zero-order chi connectivity index (χ0) is 17.6. The molecule has 0 saturated heterocycles. The molecule has 0 bridgehead atoms. The van der Waals surface area contributed by atoms with Gasteiger partial charge in [0.05, 0.1) is 5.57 Å². The smallest absolute Gasteiger partial charge is 0.255 e. The molecule has 0 aliphatic heterocycles. The third kappa shape index (κ3) is 4.46. The number of hydrogen-bond acceptors (Lipinski definition) is 2. The summed E-state index contributed by atoms with van der Waals surface area (Å²) in [6, 6.07) is 22.2. The van der Waals surface area contributed by atoms with E-state index in [-0.39, 0.29) is 5.91 Å². The number of rotatable bonds is 5. The van der Waals surface area contributed by atoms with Crippen LogP contribution in [0.5, 0.6) is 0 Å². The quantitative estimate of drug-likeness (QED) is 0.577.